The molecule has 146 valence electrons. The van der Waals surface area contributed by atoms with E-state index in [2.05, 4.69) is 9.97 Å². The fourth-order valence-corrected chi connectivity index (χ4v) is 4.23. The first kappa shape index (κ1) is 18.6. The summed E-state index contributed by atoms with van der Waals surface area (Å²) in [6, 6.07) is 7.81. The molecule has 1 saturated carbocycles. The first-order chi connectivity index (χ1) is 13.5. The van der Waals surface area contributed by atoms with Gasteiger partial charge in [0.25, 0.3) is 5.91 Å². The summed E-state index contributed by atoms with van der Waals surface area (Å²) >= 11 is 0. The minimum Gasteiger partial charge on any atom is -0.336 e. The maximum Gasteiger partial charge on any atom is 0.254 e. The fraction of sp³-hybridized carbons (Fsp3) is 0.455. The van der Waals surface area contributed by atoms with Gasteiger partial charge in [0.15, 0.2) is 0 Å². The topological polar surface area (TPSA) is 66.4 Å². The first-order valence-corrected chi connectivity index (χ1v) is 10.0. The van der Waals surface area contributed by atoms with Crippen LogP contribution in [0.5, 0.6) is 0 Å². The van der Waals surface area contributed by atoms with E-state index < -0.39 is 0 Å². The Morgan fingerprint density at radius 3 is 2.46 bits per heavy atom. The third-order valence-corrected chi connectivity index (χ3v) is 5.79. The van der Waals surface area contributed by atoms with Crippen LogP contribution in [0.3, 0.4) is 0 Å². The number of hydrogen-bond donors (Lipinski definition) is 0. The first-order valence-electron chi connectivity index (χ1n) is 10.0. The van der Waals surface area contributed by atoms with Crippen molar-refractivity contribution in [2.45, 2.75) is 45.6 Å². The molecule has 1 aromatic carbocycles. The zero-order chi connectivity index (χ0) is 19.7. The number of piperazine rings is 1. The van der Waals surface area contributed by atoms with Crippen LogP contribution in [-0.4, -0.2) is 57.3 Å². The van der Waals surface area contributed by atoms with Crippen molar-refractivity contribution in [3.8, 4) is 11.3 Å². The van der Waals surface area contributed by atoms with Crippen molar-refractivity contribution in [3.05, 3.63) is 47.4 Å². The van der Waals surface area contributed by atoms with Gasteiger partial charge in [0.1, 0.15) is 6.54 Å². The number of aryl methyl sites for hydroxylation is 2. The van der Waals surface area contributed by atoms with Gasteiger partial charge >= 0.3 is 0 Å². The van der Waals surface area contributed by atoms with Gasteiger partial charge in [0.05, 0.1) is 17.1 Å². The van der Waals surface area contributed by atoms with Gasteiger partial charge in [-0.2, -0.15) is 0 Å². The number of hydrogen-bond acceptors (Lipinski definition) is 4. The highest BCUT2D eigenvalue weighted by atomic mass is 16.2. The van der Waals surface area contributed by atoms with E-state index in [1.54, 1.807) is 11.1 Å². The van der Waals surface area contributed by atoms with E-state index >= 15 is 0 Å². The van der Waals surface area contributed by atoms with Crippen LogP contribution in [-0.2, 0) is 4.79 Å². The summed E-state index contributed by atoms with van der Waals surface area (Å²) in [7, 11) is 0. The summed E-state index contributed by atoms with van der Waals surface area (Å²) in [6.07, 6.45) is 6.35. The molecule has 28 heavy (non-hydrogen) atoms. The maximum atomic E-state index is 12.9. The van der Waals surface area contributed by atoms with E-state index in [1.165, 1.54) is 12.8 Å². The lowest BCUT2D eigenvalue weighted by Gasteiger charge is -2.37. The monoisotopic (exact) mass is 378 g/mol. The largest absolute Gasteiger partial charge is 0.336 e. The molecule has 2 aliphatic rings. The Morgan fingerprint density at radius 2 is 1.79 bits per heavy atom. The van der Waals surface area contributed by atoms with E-state index in [1.807, 2.05) is 43.0 Å². The highest BCUT2D eigenvalue weighted by Gasteiger charge is 2.33. The van der Waals surface area contributed by atoms with Crippen LogP contribution in [0, 0.1) is 13.8 Å². The molecular formula is C22H26N4O2. The number of carbonyl (C=O) groups excluding carboxylic acids is 2. The summed E-state index contributed by atoms with van der Waals surface area (Å²) in [5.41, 5.74) is 4.09. The molecule has 2 heterocycles. The summed E-state index contributed by atoms with van der Waals surface area (Å²) in [6.45, 7) is 5.27. The van der Waals surface area contributed by atoms with Crippen molar-refractivity contribution < 1.29 is 9.59 Å². The van der Waals surface area contributed by atoms with Crippen LogP contribution in [0.15, 0.2) is 30.5 Å². The van der Waals surface area contributed by atoms with Crippen molar-refractivity contribution in [2.75, 3.05) is 19.6 Å². The van der Waals surface area contributed by atoms with Gasteiger partial charge in [0, 0.05) is 36.5 Å². The lowest BCUT2D eigenvalue weighted by atomic mass is 10.1. The molecule has 1 aliphatic carbocycles. The molecule has 1 aliphatic heterocycles. The number of amides is 2. The molecule has 0 radical (unpaired) electrons. The second-order valence-corrected chi connectivity index (χ2v) is 7.77. The standard InChI is InChI=1S/C22H26N4O2/c1-15-13-23-16(2)21(24-15)17-7-9-18(10-8-17)22(28)25-11-12-26(20(27)14-25)19-5-3-4-6-19/h7-10,13,19H,3-6,11-12,14H2,1-2H3. The van der Waals surface area contributed by atoms with Gasteiger partial charge in [-0.25, -0.2) is 4.98 Å². The van der Waals surface area contributed by atoms with Crippen LogP contribution < -0.4 is 0 Å². The molecule has 0 unspecified atom stereocenters. The van der Waals surface area contributed by atoms with Gasteiger partial charge in [-0.3, -0.25) is 14.6 Å². The predicted molar refractivity (Wildman–Crippen MR) is 107 cm³/mol. The van der Waals surface area contributed by atoms with Crippen LogP contribution >= 0.6 is 0 Å². The average Bonchev–Trinajstić information content (AvgIpc) is 3.24. The maximum absolute atomic E-state index is 12.9. The van der Waals surface area contributed by atoms with E-state index in [9.17, 15) is 9.59 Å². The number of carbonyl (C=O) groups is 2. The molecular weight excluding hydrogens is 352 g/mol. The Labute approximate surface area is 165 Å². The molecule has 0 bridgehead atoms. The van der Waals surface area contributed by atoms with Gasteiger partial charge < -0.3 is 9.80 Å². The lowest BCUT2D eigenvalue weighted by molar-refractivity contribution is -0.137. The highest BCUT2D eigenvalue weighted by Crippen LogP contribution is 2.25. The van der Waals surface area contributed by atoms with Crippen molar-refractivity contribution >= 4 is 11.8 Å². The van der Waals surface area contributed by atoms with E-state index in [0.717, 1.165) is 35.5 Å². The second kappa shape index (κ2) is 7.70. The molecule has 2 aromatic rings. The quantitative estimate of drug-likeness (QED) is 0.824. The lowest BCUT2D eigenvalue weighted by Crippen LogP contribution is -2.54. The van der Waals surface area contributed by atoms with Crippen molar-refractivity contribution in [2.24, 2.45) is 0 Å². The van der Waals surface area contributed by atoms with Crippen molar-refractivity contribution in [1.29, 1.82) is 0 Å². The number of rotatable bonds is 3. The molecule has 0 N–H and O–H groups in total. The molecule has 2 amide bonds. The summed E-state index contributed by atoms with van der Waals surface area (Å²) in [5, 5.41) is 0. The Hall–Kier alpha value is -2.76. The van der Waals surface area contributed by atoms with E-state index in [4.69, 9.17) is 0 Å². The SMILES string of the molecule is Cc1cnc(C)c(-c2ccc(C(=O)N3CCN(C4CCCC4)C(=O)C3)cc2)n1. The predicted octanol–water partition coefficient (Wildman–Crippen LogP) is 2.99. The molecule has 0 spiro atoms. The van der Waals surface area contributed by atoms with Crippen LogP contribution in [0.4, 0.5) is 0 Å². The van der Waals surface area contributed by atoms with Gasteiger partial charge in [-0.05, 0) is 38.8 Å². The summed E-state index contributed by atoms with van der Waals surface area (Å²) < 4.78 is 0. The Morgan fingerprint density at radius 1 is 1.07 bits per heavy atom. The highest BCUT2D eigenvalue weighted by molar-refractivity contribution is 5.97. The number of aromatic nitrogens is 2. The fourth-order valence-electron chi connectivity index (χ4n) is 4.23. The third kappa shape index (κ3) is 3.63. The third-order valence-electron chi connectivity index (χ3n) is 5.79. The van der Waals surface area contributed by atoms with Crippen LogP contribution in [0.2, 0.25) is 0 Å². The molecule has 6 nitrogen and oxygen atoms in total. The van der Waals surface area contributed by atoms with Crippen molar-refractivity contribution in [3.63, 3.8) is 0 Å². The molecule has 1 saturated heterocycles. The zero-order valence-corrected chi connectivity index (χ0v) is 16.5. The normalized spacial score (nSPS) is 18.0. The molecule has 6 heteroatoms. The minimum absolute atomic E-state index is 0.0776. The molecule has 4 rings (SSSR count). The molecule has 2 fully saturated rings. The average molecular weight is 378 g/mol. The zero-order valence-electron chi connectivity index (χ0n) is 16.5. The summed E-state index contributed by atoms with van der Waals surface area (Å²) in [4.78, 5) is 38.0. The molecule has 1 aromatic heterocycles. The Kier molecular flexibility index (Phi) is 5.11. The van der Waals surface area contributed by atoms with Crippen LogP contribution in [0.1, 0.15) is 47.4 Å². The Balaban J connectivity index is 1.45. The molecule has 0 atom stereocenters. The van der Waals surface area contributed by atoms with E-state index in [-0.39, 0.29) is 18.4 Å². The Bertz CT molecular complexity index is 888. The summed E-state index contributed by atoms with van der Waals surface area (Å²) in [5.74, 6) is -0.00759. The van der Waals surface area contributed by atoms with Gasteiger partial charge in [-0.1, -0.05) is 25.0 Å². The van der Waals surface area contributed by atoms with Crippen molar-refractivity contribution in [1.82, 2.24) is 19.8 Å². The number of nitrogens with zero attached hydrogens (tertiary/aromatic N) is 4. The minimum atomic E-state index is -0.0852. The van der Waals surface area contributed by atoms with Gasteiger partial charge in [0.2, 0.25) is 5.91 Å². The van der Waals surface area contributed by atoms with Crippen LogP contribution in [0.25, 0.3) is 11.3 Å². The smallest absolute Gasteiger partial charge is 0.254 e. The second-order valence-electron chi connectivity index (χ2n) is 7.77. The van der Waals surface area contributed by atoms with Gasteiger partial charge in [-0.15, -0.1) is 0 Å². The number of benzene rings is 1. The van der Waals surface area contributed by atoms with E-state index in [0.29, 0.717) is 24.7 Å².